The molecule has 1 aromatic rings. The average molecular weight is 274 g/mol. The molecule has 7 nitrogen and oxygen atoms in total. The molecule has 0 unspecified atom stereocenters. The van der Waals surface area contributed by atoms with Gasteiger partial charge in [-0.15, -0.1) is 0 Å². The van der Waals surface area contributed by atoms with Crippen molar-refractivity contribution in [3.8, 4) is 6.07 Å². The largest absolute Gasteiger partial charge is 0.481 e. The Kier molecular flexibility index (Phi) is 6.27. The quantitative estimate of drug-likeness (QED) is 0.371. The zero-order valence-electron chi connectivity index (χ0n) is 10.7. The predicted molar refractivity (Wildman–Crippen MR) is 70.0 cm³/mol. The van der Waals surface area contributed by atoms with Crippen LogP contribution in [0.5, 0.6) is 0 Å². The maximum absolute atomic E-state index is 11.7. The Morgan fingerprint density at radius 2 is 2.30 bits per heavy atom. The fourth-order valence-electron chi connectivity index (χ4n) is 1.28. The molecule has 1 aromatic heterocycles. The Morgan fingerprint density at radius 3 is 2.90 bits per heavy atom. The molecule has 0 bridgehead atoms. The molecule has 1 amide bonds. The molecule has 0 aliphatic heterocycles. The van der Waals surface area contributed by atoms with Crippen LogP contribution in [0, 0.1) is 11.3 Å². The highest BCUT2D eigenvalue weighted by molar-refractivity contribution is 5.97. The molecule has 0 fully saturated rings. The van der Waals surface area contributed by atoms with Crippen LogP contribution in [0.2, 0.25) is 0 Å². The maximum Gasteiger partial charge on any atom is 0.305 e. The molecule has 0 aromatic carbocycles. The first-order chi connectivity index (χ1) is 9.63. The number of nitrogens with zero attached hydrogens (tertiary/aromatic N) is 2. The summed E-state index contributed by atoms with van der Waals surface area (Å²) in [6.07, 6.45) is 4.35. The van der Waals surface area contributed by atoms with Gasteiger partial charge in [-0.25, -0.2) is 0 Å². The van der Waals surface area contributed by atoms with E-state index < -0.39 is 11.9 Å². The lowest BCUT2D eigenvalue weighted by atomic mass is 10.2. The first-order valence-electron chi connectivity index (χ1n) is 5.86. The van der Waals surface area contributed by atoms with Crippen LogP contribution in [-0.2, 0) is 16.1 Å². The number of carbonyl (C=O) groups is 2. The lowest BCUT2D eigenvalue weighted by molar-refractivity contribution is -0.136. The van der Waals surface area contributed by atoms with E-state index in [1.165, 1.54) is 6.20 Å². The number of rotatable bonds is 7. The van der Waals surface area contributed by atoms with Crippen molar-refractivity contribution in [3.05, 3.63) is 41.9 Å². The van der Waals surface area contributed by atoms with Crippen LogP contribution in [-0.4, -0.2) is 28.5 Å². The van der Waals surface area contributed by atoms with E-state index in [2.05, 4.69) is 15.6 Å². The zero-order valence-corrected chi connectivity index (χ0v) is 10.7. The number of nitriles is 1. The van der Waals surface area contributed by atoms with Crippen molar-refractivity contribution in [1.29, 1.82) is 5.26 Å². The summed E-state index contributed by atoms with van der Waals surface area (Å²) in [5, 5.41) is 22.5. The van der Waals surface area contributed by atoms with Gasteiger partial charge in [-0.05, 0) is 11.6 Å². The van der Waals surface area contributed by atoms with E-state index >= 15 is 0 Å². The Bertz CT molecular complexity index is 534. The minimum absolute atomic E-state index is 0.0908. The zero-order chi connectivity index (χ0) is 14.8. The van der Waals surface area contributed by atoms with Crippen molar-refractivity contribution in [2.75, 3.05) is 6.54 Å². The summed E-state index contributed by atoms with van der Waals surface area (Å²) in [5.74, 6) is -1.48. The van der Waals surface area contributed by atoms with E-state index in [-0.39, 0.29) is 25.1 Å². The SMILES string of the molecule is N#C/C(=C/NCCC(=O)O)C(=O)NCc1cccnc1. The van der Waals surface area contributed by atoms with Crippen molar-refractivity contribution in [2.45, 2.75) is 13.0 Å². The van der Waals surface area contributed by atoms with Gasteiger partial charge in [0.25, 0.3) is 5.91 Å². The van der Waals surface area contributed by atoms with Gasteiger partial charge in [0.15, 0.2) is 0 Å². The first kappa shape index (κ1) is 15.2. The minimum atomic E-state index is -0.953. The number of carboxylic acid groups (broad SMARTS) is 1. The van der Waals surface area contributed by atoms with Crippen LogP contribution in [0.25, 0.3) is 0 Å². The standard InChI is InChI=1S/C13H14N4O3/c14-6-11(9-16-5-3-12(18)19)13(20)17-8-10-2-1-4-15-7-10/h1-2,4,7,9,16H,3,5,8H2,(H,17,20)(H,18,19)/b11-9-. The number of hydrogen-bond donors (Lipinski definition) is 3. The van der Waals surface area contributed by atoms with Gasteiger partial charge in [0, 0.05) is 31.7 Å². The second-order valence-corrected chi connectivity index (χ2v) is 3.81. The minimum Gasteiger partial charge on any atom is -0.481 e. The van der Waals surface area contributed by atoms with Crippen molar-refractivity contribution in [2.24, 2.45) is 0 Å². The van der Waals surface area contributed by atoms with E-state index in [0.29, 0.717) is 0 Å². The molecule has 0 radical (unpaired) electrons. The topological polar surface area (TPSA) is 115 Å². The molecule has 7 heteroatoms. The molecule has 0 aliphatic rings. The molecule has 0 aliphatic carbocycles. The molecule has 0 saturated heterocycles. The normalized spacial score (nSPS) is 10.4. The van der Waals surface area contributed by atoms with Gasteiger partial charge in [-0.1, -0.05) is 6.07 Å². The Labute approximate surface area is 115 Å². The summed E-state index contributed by atoms with van der Waals surface area (Å²) in [6.45, 7) is 0.414. The van der Waals surface area contributed by atoms with Crippen molar-refractivity contribution in [1.82, 2.24) is 15.6 Å². The van der Waals surface area contributed by atoms with E-state index in [1.807, 2.05) is 0 Å². The van der Waals surface area contributed by atoms with Gasteiger partial charge in [0.2, 0.25) is 0 Å². The molecular weight excluding hydrogens is 260 g/mol. The number of hydrogen-bond acceptors (Lipinski definition) is 5. The van der Waals surface area contributed by atoms with Gasteiger partial charge in [0.1, 0.15) is 11.6 Å². The summed E-state index contributed by atoms with van der Waals surface area (Å²) in [6, 6.07) is 5.30. The first-order valence-corrected chi connectivity index (χ1v) is 5.86. The Morgan fingerprint density at radius 1 is 1.50 bits per heavy atom. The lowest BCUT2D eigenvalue weighted by Crippen LogP contribution is -2.25. The number of carbonyl (C=O) groups excluding carboxylic acids is 1. The monoisotopic (exact) mass is 274 g/mol. The van der Waals surface area contributed by atoms with E-state index in [9.17, 15) is 9.59 Å². The molecule has 0 atom stereocenters. The molecule has 1 rings (SSSR count). The van der Waals surface area contributed by atoms with Crippen LogP contribution in [0.15, 0.2) is 36.3 Å². The lowest BCUT2D eigenvalue weighted by Gasteiger charge is -2.04. The van der Waals surface area contributed by atoms with Gasteiger partial charge in [-0.3, -0.25) is 14.6 Å². The number of pyridine rings is 1. The molecule has 104 valence electrons. The van der Waals surface area contributed by atoms with E-state index in [1.54, 1.807) is 30.6 Å². The van der Waals surface area contributed by atoms with Gasteiger partial charge >= 0.3 is 5.97 Å². The Balaban J connectivity index is 2.44. The van der Waals surface area contributed by atoms with Crippen LogP contribution < -0.4 is 10.6 Å². The Hall–Kier alpha value is -2.88. The highest BCUT2D eigenvalue weighted by Crippen LogP contribution is 1.97. The molecule has 1 heterocycles. The highest BCUT2D eigenvalue weighted by Gasteiger charge is 2.08. The second kappa shape index (κ2) is 8.26. The summed E-state index contributed by atoms with van der Waals surface area (Å²) in [5.41, 5.74) is 0.705. The fraction of sp³-hybridized carbons (Fsp3) is 0.231. The average Bonchev–Trinajstić information content (AvgIpc) is 2.45. The maximum atomic E-state index is 11.7. The summed E-state index contributed by atoms with van der Waals surface area (Å²) in [4.78, 5) is 25.9. The molecule has 0 spiro atoms. The molecule has 20 heavy (non-hydrogen) atoms. The van der Waals surface area contributed by atoms with Crippen molar-refractivity contribution >= 4 is 11.9 Å². The number of amides is 1. The smallest absolute Gasteiger partial charge is 0.305 e. The van der Waals surface area contributed by atoms with Gasteiger partial charge < -0.3 is 15.7 Å². The van der Waals surface area contributed by atoms with Crippen molar-refractivity contribution in [3.63, 3.8) is 0 Å². The van der Waals surface area contributed by atoms with Crippen LogP contribution >= 0.6 is 0 Å². The third-order valence-corrected chi connectivity index (χ3v) is 2.27. The number of carboxylic acids is 1. The predicted octanol–water partition coefficient (Wildman–Crippen LogP) is 0.170. The highest BCUT2D eigenvalue weighted by atomic mass is 16.4. The second-order valence-electron chi connectivity index (χ2n) is 3.81. The number of aliphatic carboxylic acids is 1. The molecular formula is C13H14N4O3. The van der Waals surface area contributed by atoms with Gasteiger partial charge in [0.05, 0.1) is 6.42 Å². The van der Waals surface area contributed by atoms with Crippen LogP contribution in [0.4, 0.5) is 0 Å². The third kappa shape index (κ3) is 5.64. The van der Waals surface area contributed by atoms with Crippen LogP contribution in [0.3, 0.4) is 0 Å². The van der Waals surface area contributed by atoms with Crippen molar-refractivity contribution < 1.29 is 14.7 Å². The number of aromatic nitrogens is 1. The molecule has 0 saturated carbocycles. The molecule has 3 N–H and O–H groups in total. The third-order valence-electron chi connectivity index (χ3n) is 2.27. The summed E-state index contributed by atoms with van der Waals surface area (Å²) >= 11 is 0. The summed E-state index contributed by atoms with van der Waals surface area (Å²) < 4.78 is 0. The van der Waals surface area contributed by atoms with E-state index in [0.717, 1.165) is 5.56 Å². The summed E-state index contributed by atoms with van der Waals surface area (Å²) in [7, 11) is 0. The van der Waals surface area contributed by atoms with Crippen LogP contribution in [0.1, 0.15) is 12.0 Å². The van der Waals surface area contributed by atoms with Gasteiger partial charge in [-0.2, -0.15) is 5.26 Å². The fourth-order valence-corrected chi connectivity index (χ4v) is 1.28. The van der Waals surface area contributed by atoms with E-state index in [4.69, 9.17) is 10.4 Å². The number of nitrogens with one attached hydrogen (secondary N) is 2.